The molecule has 0 aromatic heterocycles. The fourth-order valence-electron chi connectivity index (χ4n) is 2.24. The van der Waals surface area contributed by atoms with E-state index < -0.39 is 0 Å². The van der Waals surface area contributed by atoms with Crippen molar-refractivity contribution in [2.75, 3.05) is 13.7 Å². The van der Waals surface area contributed by atoms with Crippen molar-refractivity contribution in [3.63, 3.8) is 0 Å². The number of hydrogen-bond donors (Lipinski definition) is 1. The maximum Gasteiger partial charge on any atom is 0.255 e. The first-order valence-corrected chi connectivity index (χ1v) is 7.99. The van der Waals surface area contributed by atoms with Crippen molar-refractivity contribution in [1.82, 2.24) is 5.32 Å². The van der Waals surface area contributed by atoms with Crippen LogP contribution in [0.1, 0.15) is 34.3 Å². The third-order valence-electron chi connectivity index (χ3n) is 3.66. The van der Waals surface area contributed by atoms with Gasteiger partial charge < -0.3 is 10.1 Å². The van der Waals surface area contributed by atoms with E-state index in [1.807, 2.05) is 31.2 Å². The van der Waals surface area contributed by atoms with Crippen LogP contribution < -0.4 is 10.1 Å². The number of hydrogen-bond acceptors (Lipinski definition) is 2. The third kappa shape index (κ3) is 3.89. The summed E-state index contributed by atoms with van der Waals surface area (Å²) in [5, 5.41) is 2.98. The van der Waals surface area contributed by atoms with Crippen LogP contribution in [0.15, 0.2) is 46.9 Å². The lowest BCUT2D eigenvalue weighted by atomic mass is 10.0. The number of nitrogens with one attached hydrogen (secondary N) is 1. The van der Waals surface area contributed by atoms with E-state index in [-0.39, 0.29) is 11.8 Å². The minimum absolute atomic E-state index is 0.125. The Balaban J connectivity index is 2.08. The normalized spacial score (nSPS) is 11.8. The summed E-state index contributed by atoms with van der Waals surface area (Å²) in [6.45, 7) is 4.64. The van der Waals surface area contributed by atoms with Gasteiger partial charge in [0.05, 0.1) is 12.7 Å². The predicted molar refractivity (Wildman–Crippen MR) is 92.6 cm³/mol. The summed E-state index contributed by atoms with van der Waals surface area (Å²) in [4.78, 5) is 12.4. The first-order valence-electron chi connectivity index (χ1n) is 7.20. The summed E-state index contributed by atoms with van der Waals surface area (Å²) < 4.78 is 6.21. The van der Waals surface area contributed by atoms with Crippen LogP contribution in [0.2, 0.25) is 0 Å². The number of halogens is 1. The number of benzene rings is 2. The Kier molecular flexibility index (Phi) is 5.61. The Morgan fingerprint density at radius 1 is 1.27 bits per heavy atom. The molecule has 0 heterocycles. The minimum Gasteiger partial charge on any atom is -0.496 e. The van der Waals surface area contributed by atoms with E-state index in [2.05, 4.69) is 40.3 Å². The van der Waals surface area contributed by atoms with Gasteiger partial charge in [-0.25, -0.2) is 0 Å². The number of carbonyl (C=O) groups excluding carboxylic acids is 1. The van der Waals surface area contributed by atoms with Crippen LogP contribution >= 0.6 is 15.9 Å². The second-order valence-corrected chi connectivity index (χ2v) is 6.18. The standard InChI is InChI=1S/C18H20BrNO2/c1-12-9-17(22-3)15(10-16(12)19)18(21)20-11-13(2)14-7-5-4-6-8-14/h4-10,13H,11H2,1-3H3,(H,20,21). The molecule has 22 heavy (non-hydrogen) atoms. The second kappa shape index (κ2) is 7.45. The van der Waals surface area contributed by atoms with Crippen LogP contribution in [0.3, 0.4) is 0 Å². The van der Waals surface area contributed by atoms with Crippen LogP contribution in [-0.2, 0) is 0 Å². The number of rotatable bonds is 5. The summed E-state index contributed by atoms with van der Waals surface area (Å²) in [5.74, 6) is 0.718. The highest BCUT2D eigenvalue weighted by Gasteiger charge is 2.15. The third-order valence-corrected chi connectivity index (χ3v) is 4.52. The van der Waals surface area contributed by atoms with Gasteiger partial charge in [-0.05, 0) is 36.1 Å². The van der Waals surface area contributed by atoms with Gasteiger partial charge in [0.15, 0.2) is 0 Å². The number of amides is 1. The lowest BCUT2D eigenvalue weighted by molar-refractivity contribution is 0.0948. The molecule has 1 atom stereocenters. The topological polar surface area (TPSA) is 38.3 Å². The molecule has 1 amide bonds. The molecular weight excluding hydrogens is 342 g/mol. The molecule has 0 saturated carbocycles. The number of carbonyl (C=O) groups is 1. The molecule has 2 aromatic rings. The molecule has 0 aliphatic heterocycles. The minimum atomic E-state index is -0.125. The van der Waals surface area contributed by atoms with Crippen molar-refractivity contribution < 1.29 is 9.53 Å². The van der Waals surface area contributed by atoms with E-state index >= 15 is 0 Å². The number of ether oxygens (including phenoxy) is 1. The highest BCUT2D eigenvalue weighted by atomic mass is 79.9. The SMILES string of the molecule is COc1cc(C)c(Br)cc1C(=O)NCC(C)c1ccccc1. The molecule has 2 aromatic carbocycles. The summed E-state index contributed by atoms with van der Waals surface area (Å²) in [6, 6.07) is 13.8. The van der Waals surface area contributed by atoms with Crippen LogP contribution in [0, 0.1) is 6.92 Å². The lowest BCUT2D eigenvalue weighted by Crippen LogP contribution is -2.28. The summed E-state index contributed by atoms with van der Waals surface area (Å²) in [5.41, 5.74) is 2.78. The van der Waals surface area contributed by atoms with Gasteiger partial charge in [-0.2, -0.15) is 0 Å². The maximum atomic E-state index is 12.4. The molecule has 0 spiro atoms. The number of aryl methyl sites for hydroxylation is 1. The second-order valence-electron chi connectivity index (χ2n) is 5.32. The van der Waals surface area contributed by atoms with Gasteiger partial charge in [-0.3, -0.25) is 4.79 Å². The Labute approximate surface area is 139 Å². The van der Waals surface area contributed by atoms with E-state index in [0.29, 0.717) is 17.9 Å². The monoisotopic (exact) mass is 361 g/mol. The Morgan fingerprint density at radius 2 is 1.95 bits per heavy atom. The van der Waals surface area contributed by atoms with E-state index in [9.17, 15) is 4.79 Å². The summed E-state index contributed by atoms with van der Waals surface area (Å²) in [6.07, 6.45) is 0. The lowest BCUT2D eigenvalue weighted by Gasteiger charge is -2.15. The number of methoxy groups -OCH3 is 1. The summed E-state index contributed by atoms with van der Waals surface area (Å²) in [7, 11) is 1.58. The largest absolute Gasteiger partial charge is 0.496 e. The van der Waals surface area contributed by atoms with Crippen LogP contribution in [-0.4, -0.2) is 19.6 Å². The van der Waals surface area contributed by atoms with Crippen LogP contribution in [0.5, 0.6) is 5.75 Å². The van der Waals surface area contributed by atoms with Crippen molar-refractivity contribution in [2.45, 2.75) is 19.8 Å². The maximum absolute atomic E-state index is 12.4. The van der Waals surface area contributed by atoms with Gasteiger partial charge in [0.2, 0.25) is 0 Å². The molecule has 0 aliphatic carbocycles. The Morgan fingerprint density at radius 3 is 2.59 bits per heavy atom. The first kappa shape index (κ1) is 16.6. The zero-order valence-electron chi connectivity index (χ0n) is 13.0. The van der Waals surface area contributed by atoms with E-state index in [0.717, 1.165) is 10.0 Å². The molecule has 0 radical (unpaired) electrons. The Hall–Kier alpha value is -1.81. The molecule has 116 valence electrons. The average molecular weight is 362 g/mol. The van der Waals surface area contributed by atoms with Gasteiger partial charge in [0, 0.05) is 11.0 Å². The van der Waals surface area contributed by atoms with Gasteiger partial charge in [-0.15, -0.1) is 0 Å². The molecular formula is C18H20BrNO2. The molecule has 4 heteroatoms. The van der Waals surface area contributed by atoms with Crippen molar-refractivity contribution in [3.05, 3.63) is 63.6 Å². The van der Waals surface area contributed by atoms with Gasteiger partial charge in [-0.1, -0.05) is 53.2 Å². The highest BCUT2D eigenvalue weighted by Crippen LogP contribution is 2.27. The highest BCUT2D eigenvalue weighted by molar-refractivity contribution is 9.10. The average Bonchev–Trinajstić information content (AvgIpc) is 2.55. The molecule has 1 N–H and O–H groups in total. The zero-order chi connectivity index (χ0) is 16.1. The zero-order valence-corrected chi connectivity index (χ0v) is 14.6. The van der Waals surface area contributed by atoms with Crippen molar-refractivity contribution in [1.29, 1.82) is 0 Å². The Bertz CT molecular complexity index is 656. The molecule has 3 nitrogen and oxygen atoms in total. The summed E-state index contributed by atoms with van der Waals surface area (Å²) >= 11 is 3.46. The van der Waals surface area contributed by atoms with Crippen molar-refractivity contribution >= 4 is 21.8 Å². The van der Waals surface area contributed by atoms with Gasteiger partial charge in [0.25, 0.3) is 5.91 Å². The molecule has 1 unspecified atom stereocenters. The van der Waals surface area contributed by atoms with Gasteiger partial charge in [0.1, 0.15) is 5.75 Å². The van der Waals surface area contributed by atoms with Crippen molar-refractivity contribution in [2.24, 2.45) is 0 Å². The predicted octanol–water partition coefficient (Wildman–Crippen LogP) is 4.30. The van der Waals surface area contributed by atoms with E-state index in [1.54, 1.807) is 13.2 Å². The molecule has 0 bridgehead atoms. The van der Waals surface area contributed by atoms with Crippen LogP contribution in [0.4, 0.5) is 0 Å². The smallest absolute Gasteiger partial charge is 0.255 e. The molecule has 0 saturated heterocycles. The molecule has 0 aliphatic rings. The van der Waals surface area contributed by atoms with Crippen LogP contribution in [0.25, 0.3) is 0 Å². The fraction of sp³-hybridized carbons (Fsp3) is 0.278. The quantitative estimate of drug-likeness (QED) is 0.861. The van der Waals surface area contributed by atoms with E-state index in [4.69, 9.17) is 4.74 Å². The molecule has 0 fully saturated rings. The van der Waals surface area contributed by atoms with Gasteiger partial charge >= 0.3 is 0 Å². The van der Waals surface area contributed by atoms with Crippen molar-refractivity contribution in [3.8, 4) is 5.75 Å². The fourth-order valence-corrected chi connectivity index (χ4v) is 2.59. The van der Waals surface area contributed by atoms with E-state index in [1.165, 1.54) is 5.56 Å². The molecule has 2 rings (SSSR count). The first-order chi connectivity index (χ1) is 10.5.